The molecule has 0 radical (unpaired) electrons. The van der Waals surface area contributed by atoms with Crippen LogP contribution >= 0.6 is 0 Å². The van der Waals surface area contributed by atoms with Gasteiger partial charge in [0.2, 0.25) is 0 Å². The Bertz CT molecular complexity index is 1070. The van der Waals surface area contributed by atoms with Gasteiger partial charge in [-0.25, -0.2) is 0 Å². The van der Waals surface area contributed by atoms with E-state index in [9.17, 15) is 14.4 Å². The van der Waals surface area contributed by atoms with Crippen LogP contribution in [0.5, 0.6) is 0 Å². The minimum Gasteiger partial charge on any atom is -0.462 e. The molecule has 0 amide bonds. The summed E-state index contributed by atoms with van der Waals surface area (Å²) >= 11 is 0. The van der Waals surface area contributed by atoms with Crippen LogP contribution in [0.3, 0.4) is 0 Å². The van der Waals surface area contributed by atoms with Gasteiger partial charge in [0.15, 0.2) is 6.10 Å². The summed E-state index contributed by atoms with van der Waals surface area (Å²) < 4.78 is 16.8. The van der Waals surface area contributed by atoms with Crippen LogP contribution in [0.15, 0.2) is 24.3 Å². The van der Waals surface area contributed by atoms with Crippen molar-refractivity contribution in [2.45, 2.75) is 329 Å². The highest BCUT2D eigenvalue weighted by molar-refractivity contribution is 5.71. The predicted molar refractivity (Wildman–Crippen MR) is 284 cm³/mol. The maximum atomic E-state index is 12.8. The molecule has 66 heavy (non-hydrogen) atoms. The van der Waals surface area contributed by atoms with Crippen LogP contribution in [-0.4, -0.2) is 37.2 Å². The van der Waals surface area contributed by atoms with Gasteiger partial charge in [-0.15, -0.1) is 0 Å². The highest BCUT2D eigenvalue weighted by Gasteiger charge is 2.19. The van der Waals surface area contributed by atoms with Gasteiger partial charge in [0, 0.05) is 19.3 Å². The molecule has 0 saturated heterocycles. The number of esters is 3. The number of hydrogen-bond donors (Lipinski definition) is 0. The average molecular weight is 930 g/mol. The van der Waals surface area contributed by atoms with E-state index in [0.717, 1.165) is 77.0 Å². The minimum absolute atomic E-state index is 0.0734. The molecule has 0 heterocycles. The maximum absolute atomic E-state index is 12.8. The van der Waals surface area contributed by atoms with E-state index in [1.165, 1.54) is 205 Å². The van der Waals surface area contributed by atoms with Gasteiger partial charge in [-0.05, 0) is 57.8 Å². The Morgan fingerprint density at radius 1 is 0.288 bits per heavy atom. The molecule has 0 bridgehead atoms. The lowest BCUT2D eigenvalue weighted by Crippen LogP contribution is -2.30. The number of carbonyl (C=O) groups excluding carboxylic acids is 3. The van der Waals surface area contributed by atoms with E-state index in [-0.39, 0.29) is 31.1 Å². The average Bonchev–Trinajstić information content (AvgIpc) is 3.31. The van der Waals surface area contributed by atoms with E-state index in [1.54, 1.807) is 0 Å². The van der Waals surface area contributed by atoms with Gasteiger partial charge < -0.3 is 14.2 Å². The Morgan fingerprint density at radius 3 is 0.803 bits per heavy atom. The first-order valence-corrected chi connectivity index (χ1v) is 29.3. The number of ether oxygens (including phenoxy) is 3. The minimum atomic E-state index is -0.774. The summed E-state index contributed by atoms with van der Waals surface area (Å²) in [6.07, 6.45) is 64.8. The summed E-state index contributed by atoms with van der Waals surface area (Å²) in [6, 6.07) is 0. The van der Waals surface area contributed by atoms with Crippen LogP contribution in [0.2, 0.25) is 0 Å². The van der Waals surface area contributed by atoms with E-state index in [2.05, 4.69) is 45.1 Å². The molecule has 0 spiro atoms. The zero-order valence-electron chi connectivity index (χ0n) is 44.5. The lowest BCUT2D eigenvalue weighted by Gasteiger charge is -2.18. The summed E-state index contributed by atoms with van der Waals surface area (Å²) in [6.45, 7) is 6.59. The number of hydrogen-bond acceptors (Lipinski definition) is 6. The predicted octanol–water partition coefficient (Wildman–Crippen LogP) is 19.5. The second kappa shape index (κ2) is 55.5. The van der Waals surface area contributed by atoms with E-state index < -0.39 is 6.10 Å². The molecule has 0 aromatic carbocycles. The molecule has 0 N–H and O–H groups in total. The molecule has 0 aliphatic rings. The van der Waals surface area contributed by atoms with Crippen molar-refractivity contribution in [1.29, 1.82) is 0 Å². The fourth-order valence-corrected chi connectivity index (χ4v) is 8.70. The Labute approximate surface area is 411 Å². The summed E-state index contributed by atoms with van der Waals surface area (Å²) in [7, 11) is 0. The Morgan fingerprint density at radius 2 is 0.515 bits per heavy atom. The van der Waals surface area contributed by atoms with Gasteiger partial charge in [0.1, 0.15) is 13.2 Å². The Hall–Kier alpha value is -2.11. The normalized spacial score (nSPS) is 12.1. The van der Waals surface area contributed by atoms with Gasteiger partial charge in [0.05, 0.1) is 0 Å². The van der Waals surface area contributed by atoms with Gasteiger partial charge in [0.25, 0.3) is 0 Å². The van der Waals surface area contributed by atoms with Gasteiger partial charge in [-0.3, -0.25) is 14.4 Å². The molecule has 0 fully saturated rings. The molecule has 0 aliphatic heterocycles. The highest BCUT2D eigenvalue weighted by Crippen LogP contribution is 2.17. The van der Waals surface area contributed by atoms with Crippen LogP contribution in [0.1, 0.15) is 323 Å². The van der Waals surface area contributed by atoms with Crippen molar-refractivity contribution < 1.29 is 28.6 Å². The van der Waals surface area contributed by atoms with E-state index in [1.807, 2.05) is 0 Å². The van der Waals surface area contributed by atoms with Crippen LogP contribution < -0.4 is 0 Å². The van der Waals surface area contributed by atoms with Crippen molar-refractivity contribution in [3.8, 4) is 0 Å². The number of carbonyl (C=O) groups is 3. The molecule has 0 saturated carbocycles. The molecule has 1 unspecified atom stereocenters. The van der Waals surface area contributed by atoms with E-state index in [4.69, 9.17) is 14.2 Å². The molecule has 6 heteroatoms. The first-order valence-electron chi connectivity index (χ1n) is 29.3. The lowest BCUT2D eigenvalue weighted by atomic mass is 10.0. The van der Waals surface area contributed by atoms with Crippen LogP contribution in [0.4, 0.5) is 0 Å². The quantitative estimate of drug-likeness (QED) is 0.0262. The topological polar surface area (TPSA) is 78.9 Å². The van der Waals surface area contributed by atoms with E-state index >= 15 is 0 Å². The fraction of sp³-hybridized carbons (Fsp3) is 0.883. The molecular formula is C60H112O6. The third-order valence-corrected chi connectivity index (χ3v) is 13.2. The molecule has 1 atom stereocenters. The lowest BCUT2D eigenvalue weighted by molar-refractivity contribution is -0.167. The van der Waals surface area contributed by atoms with Crippen LogP contribution in [-0.2, 0) is 28.6 Å². The van der Waals surface area contributed by atoms with Crippen molar-refractivity contribution in [2.75, 3.05) is 13.2 Å². The van der Waals surface area contributed by atoms with Crippen molar-refractivity contribution in [3.05, 3.63) is 24.3 Å². The van der Waals surface area contributed by atoms with Crippen LogP contribution in [0.25, 0.3) is 0 Å². The third kappa shape index (κ3) is 52.9. The van der Waals surface area contributed by atoms with Crippen molar-refractivity contribution >= 4 is 17.9 Å². The second-order valence-corrected chi connectivity index (χ2v) is 19.9. The smallest absolute Gasteiger partial charge is 0.306 e. The zero-order valence-corrected chi connectivity index (χ0v) is 44.5. The molecule has 388 valence electrons. The Kier molecular flexibility index (Phi) is 53.7. The van der Waals surface area contributed by atoms with Gasteiger partial charge in [-0.1, -0.05) is 270 Å². The number of unbranched alkanes of at least 4 members (excludes halogenated alkanes) is 39. The maximum Gasteiger partial charge on any atom is 0.306 e. The first kappa shape index (κ1) is 63.9. The molecular weight excluding hydrogens is 817 g/mol. The fourth-order valence-electron chi connectivity index (χ4n) is 8.70. The first-order chi connectivity index (χ1) is 32.5. The summed E-state index contributed by atoms with van der Waals surface area (Å²) in [5.41, 5.74) is 0. The Balaban J connectivity index is 4.10. The van der Waals surface area contributed by atoms with Crippen molar-refractivity contribution in [2.24, 2.45) is 0 Å². The van der Waals surface area contributed by atoms with Crippen LogP contribution in [0, 0.1) is 0 Å². The van der Waals surface area contributed by atoms with Gasteiger partial charge in [-0.2, -0.15) is 0 Å². The SMILES string of the molecule is CCCC/C=C\CCCCCCCC(=O)OCC(COC(=O)CCCCCCCCCCCCCCCCCCCCCCCCCCCC)OC(=O)CCCCCCC/C=C\CCCC. The van der Waals surface area contributed by atoms with Crippen molar-refractivity contribution in [3.63, 3.8) is 0 Å². The highest BCUT2D eigenvalue weighted by atomic mass is 16.6. The second-order valence-electron chi connectivity index (χ2n) is 19.9. The monoisotopic (exact) mass is 929 g/mol. The summed E-state index contributed by atoms with van der Waals surface area (Å²) in [5.74, 6) is -0.878. The summed E-state index contributed by atoms with van der Waals surface area (Å²) in [5, 5.41) is 0. The third-order valence-electron chi connectivity index (χ3n) is 13.2. The number of allylic oxidation sites excluding steroid dienone is 4. The van der Waals surface area contributed by atoms with Crippen molar-refractivity contribution in [1.82, 2.24) is 0 Å². The molecule has 6 nitrogen and oxygen atoms in total. The number of rotatable bonds is 54. The largest absolute Gasteiger partial charge is 0.462 e. The molecule has 0 aliphatic carbocycles. The van der Waals surface area contributed by atoms with E-state index in [0.29, 0.717) is 19.3 Å². The van der Waals surface area contributed by atoms with Gasteiger partial charge >= 0.3 is 17.9 Å². The molecule has 0 aromatic heterocycles. The standard InChI is InChI=1S/C60H112O6/c1-4-7-10-13-16-19-22-23-24-25-26-27-28-29-30-31-32-33-34-35-36-39-41-44-47-50-53-59(62)65-56-57(66-60(63)54-51-48-45-42-38-21-18-15-12-9-6-3)55-64-58(61)52-49-46-43-40-37-20-17-14-11-8-5-2/h14-15,17-18,57H,4-13,16,19-56H2,1-3H3/b17-14-,18-15-. The molecule has 0 rings (SSSR count). The summed E-state index contributed by atoms with van der Waals surface area (Å²) in [4.78, 5) is 38.0. The zero-order chi connectivity index (χ0) is 47.9. The molecule has 0 aromatic rings.